The van der Waals surface area contributed by atoms with Crippen LogP contribution in [0.4, 0.5) is 0 Å². The fourth-order valence-corrected chi connectivity index (χ4v) is 3.10. The maximum atomic E-state index is 10.7. The first kappa shape index (κ1) is 15.9. The molecule has 2 rings (SSSR count). The summed E-state index contributed by atoms with van der Waals surface area (Å²) in [5.74, 6) is 0. The SMILES string of the molecule is CCCC/C=C(/Sc1ccccc1)C(O)c1ccccc1. The number of hydrogen-bond acceptors (Lipinski definition) is 2. The Kier molecular flexibility index (Phi) is 6.58. The van der Waals surface area contributed by atoms with Crippen molar-refractivity contribution in [2.75, 3.05) is 0 Å². The molecule has 0 fully saturated rings. The topological polar surface area (TPSA) is 20.2 Å². The Labute approximate surface area is 131 Å². The van der Waals surface area contributed by atoms with Crippen LogP contribution in [0.1, 0.15) is 37.9 Å². The van der Waals surface area contributed by atoms with E-state index in [-0.39, 0.29) is 0 Å². The summed E-state index contributed by atoms with van der Waals surface area (Å²) in [5.41, 5.74) is 0.948. The van der Waals surface area contributed by atoms with Gasteiger partial charge in [-0.3, -0.25) is 0 Å². The molecule has 0 aromatic heterocycles. The summed E-state index contributed by atoms with van der Waals surface area (Å²) in [5, 5.41) is 10.7. The zero-order valence-electron chi connectivity index (χ0n) is 12.4. The van der Waals surface area contributed by atoms with Gasteiger partial charge in [0.05, 0.1) is 0 Å². The molecule has 0 saturated carbocycles. The number of thioether (sulfide) groups is 1. The number of aliphatic hydroxyl groups is 1. The van der Waals surface area contributed by atoms with Crippen LogP contribution in [0.25, 0.3) is 0 Å². The number of benzene rings is 2. The number of hydrogen-bond donors (Lipinski definition) is 1. The number of aliphatic hydroxyl groups excluding tert-OH is 1. The van der Waals surface area contributed by atoms with E-state index in [4.69, 9.17) is 0 Å². The fraction of sp³-hybridized carbons (Fsp3) is 0.263. The average Bonchev–Trinajstić information content (AvgIpc) is 2.55. The molecular weight excluding hydrogens is 276 g/mol. The Morgan fingerprint density at radius 3 is 2.29 bits per heavy atom. The summed E-state index contributed by atoms with van der Waals surface area (Å²) in [6.07, 6.45) is 4.96. The summed E-state index contributed by atoms with van der Waals surface area (Å²) in [6, 6.07) is 20.1. The van der Waals surface area contributed by atoms with Crippen LogP contribution in [0.3, 0.4) is 0 Å². The smallest absolute Gasteiger partial charge is 0.110 e. The fourth-order valence-electron chi connectivity index (χ4n) is 2.08. The third-order valence-corrected chi connectivity index (χ3v) is 4.40. The van der Waals surface area contributed by atoms with E-state index in [1.807, 2.05) is 48.5 Å². The molecule has 2 aromatic carbocycles. The molecule has 1 atom stereocenters. The quantitative estimate of drug-likeness (QED) is 0.531. The van der Waals surface area contributed by atoms with E-state index < -0.39 is 6.10 Å². The van der Waals surface area contributed by atoms with Crippen LogP contribution >= 0.6 is 11.8 Å². The average molecular weight is 298 g/mol. The molecule has 0 saturated heterocycles. The minimum Gasteiger partial charge on any atom is -0.383 e. The molecule has 0 bridgehead atoms. The molecule has 2 heteroatoms. The summed E-state index contributed by atoms with van der Waals surface area (Å²) >= 11 is 1.65. The van der Waals surface area contributed by atoms with Gasteiger partial charge < -0.3 is 5.11 Å². The molecule has 0 aliphatic heterocycles. The Hall–Kier alpha value is -1.51. The second-order valence-electron chi connectivity index (χ2n) is 4.98. The highest BCUT2D eigenvalue weighted by molar-refractivity contribution is 8.03. The first-order chi connectivity index (χ1) is 10.3. The van der Waals surface area contributed by atoms with Gasteiger partial charge in [0.1, 0.15) is 6.10 Å². The molecule has 0 heterocycles. The van der Waals surface area contributed by atoms with Crippen molar-refractivity contribution in [2.45, 2.75) is 37.2 Å². The lowest BCUT2D eigenvalue weighted by molar-refractivity contribution is 0.224. The summed E-state index contributed by atoms with van der Waals surface area (Å²) in [4.78, 5) is 2.18. The lowest BCUT2D eigenvalue weighted by Crippen LogP contribution is -1.99. The first-order valence-electron chi connectivity index (χ1n) is 7.47. The maximum absolute atomic E-state index is 10.7. The second kappa shape index (κ2) is 8.71. The van der Waals surface area contributed by atoms with E-state index in [0.29, 0.717) is 0 Å². The lowest BCUT2D eigenvalue weighted by atomic mass is 10.1. The first-order valence-corrected chi connectivity index (χ1v) is 8.29. The molecule has 21 heavy (non-hydrogen) atoms. The van der Waals surface area contributed by atoms with Gasteiger partial charge >= 0.3 is 0 Å². The molecule has 1 unspecified atom stereocenters. The zero-order chi connectivity index (χ0) is 14.9. The molecule has 1 nitrogen and oxygen atoms in total. The molecule has 1 N–H and O–H groups in total. The minimum absolute atomic E-state index is 0.548. The predicted molar refractivity (Wildman–Crippen MR) is 91.3 cm³/mol. The molecule has 110 valence electrons. The van der Waals surface area contributed by atoms with Gasteiger partial charge in [0.2, 0.25) is 0 Å². The van der Waals surface area contributed by atoms with Gasteiger partial charge in [-0.15, -0.1) is 0 Å². The standard InChI is InChI=1S/C19H22OS/c1-2-3-6-15-18(21-17-13-9-5-10-14-17)19(20)16-11-7-4-8-12-16/h4-5,7-15,19-20H,2-3,6H2,1H3/b18-15+. The zero-order valence-corrected chi connectivity index (χ0v) is 13.2. The van der Waals surface area contributed by atoms with Gasteiger partial charge in [0.15, 0.2) is 0 Å². The largest absolute Gasteiger partial charge is 0.383 e. The van der Waals surface area contributed by atoms with Crippen molar-refractivity contribution in [3.05, 3.63) is 77.2 Å². The van der Waals surface area contributed by atoms with Crippen LogP contribution in [0.5, 0.6) is 0 Å². The Morgan fingerprint density at radius 1 is 1.05 bits per heavy atom. The lowest BCUT2D eigenvalue weighted by Gasteiger charge is -2.15. The van der Waals surface area contributed by atoms with Crippen LogP contribution in [0.15, 0.2) is 76.5 Å². The van der Waals surface area contributed by atoms with Gasteiger partial charge in [-0.25, -0.2) is 0 Å². The van der Waals surface area contributed by atoms with Crippen LogP contribution in [0.2, 0.25) is 0 Å². The molecule has 2 aromatic rings. The molecule has 0 spiro atoms. The number of allylic oxidation sites excluding steroid dienone is 1. The number of rotatable bonds is 7. The van der Waals surface area contributed by atoms with Crippen LogP contribution in [-0.2, 0) is 0 Å². The third kappa shape index (κ3) is 5.07. The van der Waals surface area contributed by atoms with Crippen molar-refractivity contribution < 1.29 is 5.11 Å². The van der Waals surface area contributed by atoms with Crippen LogP contribution in [0, 0.1) is 0 Å². The van der Waals surface area contributed by atoms with Crippen molar-refractivity contribution in [3.63, 3.8) is 0 Å². The molecular formula is C19H22OS. The highest BCUT2D eigenvalue weighted by Gasteiger charge is 2.14. The van der Waals surface area contributed by atoms with E-state index in [1.54, 1.807) is 11.8 Å². The van der Waals surface area contributed by atoms with E-state index in [1.165, 1.54) is 6.42 Å². The van der Waals surface area contributed by atoms with Gasteiger partial charge in [-0.2, -0.15) is 0 Å². The van der Waals surface area contributed by atoms with Crippen molar-refractivity contribution in [1.82, 2.24) is 0 Å². The van der Waals surface area contributed by atoms with Crippen molar-refractivity contribution in [1.29, 1.82) is 0 Å². The Morgan fingerprint density at radius 2 is 1.67 bits per heavy atom. The van der Waals surface area contributed by atoms with Gasteiger partial charge in [0, 0.05) is 9.80 Å². The van der Waals surface area contributed by atoms with Crippen molar-refractivity contribution in [2.24, 2.45) is 0 Å². The van der Waals surface area contributed by atoms with Crippen LogP contribution < -0.4 is 0 Å². The summed E-state index contributed by atoms with van der Waals surface area (Å²) < 4.78 is 0. The summed E-state index contributed by atoms with van der Waals surface area (Å²) in [7, 11) is 0. The van der Waals surface area contributed by atoms with E-state index in [2.05, 4.69) is 25.1 Å². The summed E-state index contributed by atoms with van der Waals surface area (Å²) in [6.45, 7) is 2.19. The van der Waals surface area contributed by atoms with Crippen molar-refractivity contribution in [3.8, 4) is 0 Å². The van der Waals surface area contributed by atoms with E-state index >= 15 is 0 Å². The van der Waals surface area contributed by atoms with Gasteiger partial charge in [-0.1, -0.05) is 86.1 Å². The monoisotopic (exact) mass is 298 g/mol. The Bertz CT molecular complexity index is 548. The predicted octanol–water partition coefficient (Wildman–Crippen LogP) is 5.59. The highest BCUT2D eigenvalue weighted by Crippen LogP contribution is 2.36. The molecule has 0 radical (unpaired) electrons. The minimum atomic E-state index is -0.548. The third-order valence-electron chi connectivity index (χ3n) is 3.27. The van der Waals surface area contributed by atoms with Gasteiger partial charge in [-0.05, 0) is 24.1 Å². The molecule has 0 aliphatic carbocycles. The molecule has 0 amide bonds. The van der Waals surface area contributed by atoms with Crippen molar-refractivity contribution >= 4 is 11.8 Å². The van der Waals surface area contributed by atoms with Crippen LogP contribution in [-0.4, -0.2) is 5.11 Å². The highest BCUT2D eigenvalue weighted by atomic mass is 32.2. The second-order valence-corrected chi connectivity index (χ2v) is 6.12. The number of unbranched alkanes of at least 4 members (excludes halogenated alkanes) is 2. The molecule has 0 aliphatic rings. The van der Waals surface area contributed by atoms with E-state index in [9.17, 15) is 5.11 Å². The Balaban J connectivity index is 2.17. The van der Waals surface area contributed by atoms with Gasteiger partial charge in [0.25, 0.3) is 0 Å². The van der Waals surface area contributed by atoms with E-state index in [0.717, 1.165) is 28.2 Å². The maximum Gasteiger partial charge on any atom is 0.110 e. The normalized spacial score (nSPS) is 13.1.